The molecule has 0 spiro atoms. The topological polar surface area (TPSA) is 97.8 Å². The number of fused-ring (bicyclic) bond motifs is 1. The summed E-state index contributed by atoms with van der Waals surface area (Å²) in [6, 6.07) is 20.7. The van der Waals surface area contributed by atoms with Crippen molar-refractivity contribution >= 4 is 15.7 Å². The lowest BCUT2D eigenvalue weighted by Gasteiger charge is -2.41. The van der Waals surface area contributed by atoms with Gasteiger partial charge in [-0.2, -0.15) is 4.31 Å². The Morgan fingerprint density at radius 3 is 2.40 bits per heavy atom. The van der Waals surface area contributed by atoms with E-state index in [1.165, 1.54) is 4.31 Å². The fourth-order valence-corrected chi connectivity index (χ4v) is 7.32. The van der Waals surface area contributed by atoms with Gasteiger partial charge in [-0.3, -0.25) is 0 Å². The molecule has 10 heteroatoms. The molecule has 0 saturated carbocycles. The first-order valence-electron chi connectivity index (χ1n) is 14.7. The Morgan fingerprint density at radius 2 is 1.67 bits per heavy atom. The third kappa shape index (κ3) is 7.39. The minimum absolute atomic E-state index is 0.0207. The molecule has 43 heavy (non-hydrogen) atoms. The van der Waals surface area contributed by atoms with E-state index in [2.05, 4.69) is 11.0 Å². The minimum atomic E-state index is -3.83. The lowest BCUT2D eigenvalue weighted by molar-refractivity contribution is -0.0534. The Hall–Kier alpha value is -2.99. The van der Waals surface area contributed by atoms with Crippen molar-refractivity contribution in [3.63, 3.8) is 0 Å². The third-order valence-corrected chi connectivity index (χ3v) is 9.99. The minimum Gasteiger partial charge on any atom is -0.490 e. The van der Waals surface area contributed by atoms with Gasteiger partial charge in [-0.1, -0.05) is 48.0 Å². The van der Waals surface area contributed by atoms with Crippen LogP contribution in [-0.2, 0) is 37.4 Å². The number of nitrogens with zero attached hydrogens (tertiary/aromatic N) is 2. The quantitative estimate of drug-likeness (QED) is 0.306. The van der Waals surface area contributed by atoms with Crippen molar-refractivity contribution in [2.45, 2.75) is 49.6 Å². The number of hydrogen-bond donors (Lipinski definition) is 1. The van der Waals surface area contributed by atoms with Gasteiger partial charge in [0.15, 0.2) is 0 Å². The summed E-state index contributed by atoms with van der Waals surface area (Å²) in [4.78, 5) is 2.50. The van der Waals surface area contributed by atoms with Crippen molar-refractivity contribution in [2.24, 2.45) is 0 Å². The molecule has 3 aromatic rings. The number of sulfonamides is 1. The number of aliphatic hydroxyl groups is 1. The largest absolute Gasteiger partial charge is 0.490 e. The highest BCUT2D eigenvalue weighted by atomic mass is 32.2. The molecule has 3 atom stereocenters. The average Bonchev–Trinajstić information content (AvgIpc) is 3.01. The van der Waals surface area contributed by atoms with Gasteiger partial charge in [-0.15, -0.1) is 0 Å². The molecule has 3 unspecified atom stereocenters. The highest BCUT2D eigenvalue weighted by Gasteiger charge is 2.42. The van der Waals surface area contributed by atoms with E-state index in [4.69, 9.17) is 18.9 Å². The number of methoxy groups -OCH3 is 2. The van der Waals surface area contributed by atoms with Gasteiger partial charge in [0, 0.05) is 46.4 Å². The zero-order chi connectivity index (χ0) is 30.4. The Labute approximate surface area is 255 Å². The first-order valence-corrected chi connectivity index (χ1v) is 16.2. The molecule has 2 aliphatic rings. The van der Waals surface area contributed by atoms with Crippen molar-refractivity contribution in [3.05, 3.63) is 89.0 Å². The first-order chi connectivity index (χ1) is 20.8. The van der Waals surface area contributed by atoms with Gasteiger partial charge in [0.05, 0.1) is 42.5 Å². The molecule has 0 aliphatic carbocycles. The van der Waals surface area contributed by atoms with Crippen LogP contribution in [0.4, 0.5) is 5.69 Å². The molecular formula is C33H42N2O7S. The molecule has 0 bridgehead atoms. The van der Waals surface area contributed by atoms with Crippen molar-refractivity contribution in [2.75, 3.05) is 58.5 Å². The number of benzene rings is 3. The smallest absolute Gasteiger partial charge is 0.243 e. The number of rotatable bonds is 12. The summed E-state index contributed by atoms with van der Waals surface area (Å²) < 4.78 is 51.5. The van der Waals surface area contributed by atoms with E-state index in [1.807, 2.05) is 43.3 Å². The lowest BCUT2D eigenvalue weighted by Crippen LogP contribution is -2.53. The third-order valence-electron chi connectivity index (χ3n) is 8.15. The number of anilines is 1. The fraction of sp³-hybridized carbons (Fsp3) is 0.455. The lowest BCUT2D eigenvalue weighted by atomic mass is 9.85. The molecule has 2 aliphatic heterocycles. The number of β-amino-alcohol motifs (C(OH)–C–C–N with tert-alkyl or cyclic N) is 1. The van der Waals surface area contributed by atoms with Crippen LogP contribution >= 0.6 is 0 Å². The van der Waals surface area contributed by atoms with Crippen LogP contribution in [0.2, 0.25) is 0 Å². The summed E-state index contributed by atoms with van der Waals surface area (Å²) in [6.07, 6.45) is -0.630. The standard InChI is InChI=1S/C33H42N2O7S/c1-24-5-12-28(13-6-24)43(37,38)35-20-30(36)33(27-10-7-25(8-11-27)22-40-3)32(21-35)42-23-26-9-14-31-29(19-26)34(16-18-41-31)15-4-17-39-2/h5-14,19,30,32-33,36H,4,15-18,20-23H2,1-3H3. The van der Waals surface area contributed by atoms with Crippen molar-refractivity contribution in [1.29, 1.82) is 0 Å². The van der Waals surface area contributed by atoms with Crippen molar-refractivity contribution in [3.8, 4) is 5.75 Å². The molecule has 1 saturated heterocycles. The number of aryl methyl sites for hydroxylation is 1. The molecule has 232 valence electrons. The van der Waals surface area contributed by atoms with E-state index in [1.54, 1.807) is 38.5 Å². The summed E-state index contributed by atoms with van der Waals surface area (Å²) in [5, 5.41) is 11.4. The molecule has 2 heterocycles. The zero-order valence-corrected chi connectivity index (χ0v) is 26.0. The van der Waals surface area contributed by atoms with Crippen LogP contribution in [-0.4, -0.2) is 83.6 Å². The maximum Gasteiger partial charge on any atom is 0.243 e. The molecule has 3 aromatic carbocycles. The van der Waals surface area contributed by atoms with Crippen LogP contribution in [0.15, 0.2) is 71.6 Å². The van der Waals surface area contributed by atoms with Crippen molar-refractivity contribution < 1.29 is 32.5 Å². The Balaban J connectivity index is 1.39. The molecule has 0 radical (unpaired) electrons. The Kier molecular flexibility index (Phi) is 10.4. The normalized spacial score (nSPS) is 20.9. The van der Waals surface area contributed by atoms with E-state index in [0.717, 1.165) is 53.2 Å². The van der Waals surface area contributed by atoms with E-state index >= 15 is 0 Å². The van der Waals surface area contributed by atoms with Crippen LogP contribution in [0.1, 0.15) is 34.6 Å². The van der Waals surface area contributed by atoms with Crippen LogP contribution in [0.5, 0.6) is 5.75 Å². The zero-order valence-electron chi connectivity index (χ0n) is 25.1. The predicted molar refractivity (Wildman–Crippen MR) is 165 cm³/mol. The second kappa shape index (κ2) is 14.2. The maximum absolute atomic E-state index is 13.6. The summed E-state index contributed by atoms with van der Waals surface area (Å²) in [5.41, 5.74) is 4.85. The SMILES string of the molecule is COCCCN1CCOc2ccc(COC3CN(S(=O)(=O)c4ccc(C)cc4)CC(O)C3c3ccc(COC)cc3)cc21. The van der Waals surface area contributed by atoms with Crippen LogP contribution in [0, 0.1) is 6.92 Å². The fourth-order valence-electron chi connectivity index (χ4n) is 5.85. The summed E-state index contributed by atoms with van der Waals surface area (Å²) in [5.74, 6) is 0.428. The average molecular weight is 611 g/mol. The van der Waals surface area contributed by atoms with Crippen LogP contribution in [0.3, 0.4) is 0 Å². The van der Waals surface area contributed by atoms with Gasteiger partial charge in [0.1, 0.15) is 12.4 Å². The molecule has 1 fully saturated rings. The monoisotopic (exact) mass is 610 g/mol. The molecule has 5 rings (SSSR count). The summed E-state index contributed by atoms with van der Waals surface area (Å²) in [7, 11) is -0.477. The summed E-state index contributed by atoms with van der Waals surface area (Å²) >= 11 is 0. The number of piperidine rings is 1. The van der Waals surface area contributed by atoms with Gasteiger partial charge < -0.3 is 29.0 Å². The van der Waals surface area contributed by atoms with Crippen LogP contribution < -0.4 is 9.64 Å². The highest BCUT2D eigenvalue weighted by Crippen LogP contribution is 2.36. The van der Waals surface area contributed by atoms with E-state index in [0.29, 0.717) is 19.8 Å². The Morgan fingerprint density at radius 1 is 0.930 bits per heavy atom. The molecule has 0 amide bonds. The molecule has 9 nitrogen and oxygen atoms in total. The van der Waals surface area contributed by atoms with Gasteiger partial charge in [0.25, 0.3) is 0 Å². The van der Waals surface area contributed by atoms with Gasteiger partial charge >= 0.3 is 0 Å². The predicted octanol–water partition coefficient (Wildman–Crippen LogP) is 4.11. The van der Waals surface area contributed by atoms with Gasteiger partial charge in [-0.25, -0.2) is 8.42 Å². The number of ether oxygens (including phenoxy) is 4. The number of hydrogen-bond acceptors (Lipinski definition) is 8. The molecule has 0 aromatic heterocycles. The van der Waals surface area contributed by atoms with E-state index in [-0.39, 0.29) is 24.6 Å². The second-order valence-corrected chi connectivity index (χ2v) is 13.2. The summed E-state index contributed by atoms with van der Waals surface area (Å²) in [6.45, 7) is 5.73. The van der Waals surface area contributed by atoms with Gasteiger partial charge in [-0.05, 0) is 54.3 Å². The van der Waals surface area contributed by atoms with Crippen molar-refractivity contribution in [1.82, 2.24) is 4.31 Å². The number of aliphatic hydroxyl groups excluding tert-OH is 1. The molecular weight excluding hydrogens is 568 g/mol. The van der Waals surface area contributed by atoms with Gasteiger partial charge in [0.2, 0.25) is 10.0 Å². The van der Waals surface area contributed by atoms with Crippen LogP contribution in [0.25, 0.3) is 0 Å². The molecule has 1 N–H and O–H groups in total. The van der Waals surface area contributed by atoms with E-state index in [9.17, 15) is 13.5 Å². The highest BCUT2D eigenvalue weighted by molar-refractivity contribution is 7.89. The first kappa shape index (κ1) is 31.4. The second-order valence-electron chi connectivity index (χ2n) is 11.2. The van der Waals surface area contributed by atoms with E-state index < -0.39 is 28.1 Å². The Bertz CT molecular complexity index is 1450. The maximum atomic E-state index is 13.6.